The topological polar surface area (TPSA) is 78.3 Å². The zero-order valence-corrected chi connectivity index (χ0v) is 9.82. The number of para-hydroxylation sites is 1. The number of nitrogen functional groups attached to an aromatic ring is 1. The number of hydrogen-bond acceptors (Lipinski definition) is 3. The number of nitrogens with two attached hydrogens (primary N) is 2. The molecule has 0 atom stereocenters. The van der Waals surface area contributed by atoms with Crippen LogP contribution in [0.3, 0.4) is 0 Å². The molecule has 17 heavy (non-hydrogen) atoms. The molecule has 1 aromatic carbocycles. The highest BCUT2D eigenvalue weighted by molar-refractivity contribution is 5.97. The van der Waals surface area contributed by atoms with E-state index in [-0.39, 0.29) is 6.10 Å². The minimum Gasteiger partial charge on any atom is -0.487 e. The SMILES string of the molecule is NC(=O)c1cccc(N)c1OC1CCCCC1. The zero-order valence-electron chi connectivity index (χ0n) is 9.82. The number of anilines is 1. The third-order valence-corrected chi connectivity index (χ3v) is 3.15. The van der Waals surface area contributed by atoms with E-state index in [4.69, 9.17) is 16.2 Å². The Morgan fingerprint density at radius 2 is 1.94 bits per heavy atom. The molecule has 0 aromatic heterocycles. The summed E-state index contributed by atoms with van der Waals surface area (Å²) in [6, 6.07) is 5.09. The molecule has 0 heterocycles. The summed E-state index contributed by atoms with van der Waals surface area (Å²) in [6.07, 6.45) is 5.80. The van der Waals surface area contributed by atoms with Crippen LogP contribution in [0.1, 0.15) is 42.5 Å². The van der Waals surface area contributed by atoms with E-state index < -0.39 is 5.91 Å². The van der Waals surface area contributed by atoms with Crippen molar-refractivity contribution in [2.75, 3.05) is 5.73 Å². The molecule has 4 nitrogen and oxygen atoms in total. The van der Waals surface area contributed by atoms with Crippen molar-refractivity contribution < 1.29 is 9.53 Å². The number of carbonyl (C=O) groups excluding carboxylic acids is 1. The number of carbonyl (C=O) groups is 1. The van der Waals surface area contributed by atoms with Crippen LogP contribution in [0.2, 0.25) is 0 Å². The van der Waals surface area contributed by atoms with E-state index in [0.717, 1.165) is 12.8 Å². The first-order valence-electron chi connectivity index (χ1n) is 6.03. The van der Waals surface area contributed by atoms with E-state index in [2.05, 4.69) is 0 Å². The molecule has 92 valence electrons. The second-order valence-corrected chi connectivity index (χ2v) is 4.47. The normalized spacial score (nSPS) is 16.7. The summed E-state index contributed by atoms with van der Waals surface area (Å²) in [5, 5.41) is 0. The molecule has 4 heteroatoms. The highest BCUT2D eigenvalue weighted by atomic mass is 16.5. The maximum Gasteiger partial charge on any atom is 0.252 e. The number of hydrogen-bond donors (Lipinski definition) is 2. The molecule has 1 saturated carbocycles. The van der Waals surface area contributed by atoms with Crippen LogP contribution in [0, 0.1) is 0 Å². The largest absolute Gasteiger partial charge is 0.487 e. The lowest BCUT2D eigenvalue weighted by Crippen LogP contribution is -2.22. The number of ether oxygens (including phenoxy) is 1. The lowest BCUT2D eigenvalue weighted by atomic mass is 9.97. The van der Waals surface area contributed by atoms with Crippen LogP contribution in [0.25, 0.3) is 0 Å². The second-order valence-electron chi connectivity index (χ2n) is 4.47. The minimum absolute atomic E-state index is 0.159. The summed E-state index contributed by atoms with van der Waals surface area (Å²) in [4.78, 5) is 11.3. The third-order valence-electron chi connectivity index (χ3n) is 3.15. The predicted molar refractivity (Wildman–Crippen MR) is 66.9 cm³/mol. The van der Waals surface area contributed by atoms with Gasteiger partial charge in [0, 0.05) is 0 Å². The van der Waals surface area contributed by atoms with Crippen LogP contribution in [-0.4, -0.2) is 12.0 Å². The van der Waals surface area contributed by atoms with E-state index in [9.17, 15) is 4.79 Å². The van der Waals surface area contributed by atoms with Crippen LogP contribution >= 0.6 is 0 Å². The van der Waals surface area contributed by atoms with Crippen LogP contribution in [0.4, 0.5) is 5.69 Å². The van der Waals surface area contributed by atoms with Gasteiger partial charge in [0.2, 0.25) is 0 Å². The van der Waals surface area contributed by atoms with Crippen LogP contribution in [0.5, 0.6) is 5.75 Å². The van der Waals surface area contributed by atoms with Gasteiger partial charge in [-0.15, -0.1) is 0 Å². The van der Waals surface area contributed by atoms with Gasteiger partial charge in [-0.25, -0.2) is 0 Å². The number of rotatable bonds is 3. The Balaban J connectivity index is 2.21. The van der Waals surface area contributed by atoms with E-state index in [1.807, 2.05) is 0 Å². The molecule has 0 radical (unpaired) electrons. The predicted octanol–water partition coefficient (Wildman–Crippen LogP) is 2.08. The van der Waals surface area contributed by atoms with Crippen LogP contribution in [0.15, 0.2) is 18.2 Å². The fourth-order valence-corrected chi connectivity index (χ4v) is 2.23. The quantitative estimate of drug-likeness (QED) is 0.786. The van der Waals surface area contributed by atoms with Gasteiger partial charge in [0.05, 0.1) is 17.4 Å². The number of benzene rings is 1. The molecule has 1 aliphatic rings. The first-order valence-corrected chi connectivity index (χ1v) is 6.03. The van der Waals surface area contributed by atoms with Crippen LogP contribution < -0.4 is 16.2 Å². The maximum absolute atomic E-state index is 11.3. The average Bonchev–Trinajstić information content (AvgIpc) is 2.33. The molecular weight excluding hydrogens is 216 g/mol. The summed E-state index contributed by atoms with van der Waals surface area (Å²) in [7, 11) is 0. The highest BCUT2D eigenvalue weighted by Crippen LogP contribution is 2.30. The van der Waals surface area contributed by atoms with Crippen molar-refractivity contribution in [2.45, 2.75) is 38.2 Å². The fourth-order valence-electron chi connectivity index (χ4n) is 2.23. The molecule has 0 unspecified atom stereocenters. The molecule has 0 bridgehead atoms. The Kier molecular flexibility index (Phi) is 3.52. The molecule has 0 spiro atoms. The first kappa shape index (κ1) is 11.8. The zero-order chi connectivity index (χ0) is 12.3. The summed E-state index contributed by atoms with van der Waals surface area (Å²) in [5.74, 6) is -0.0463. The van der Waals surface area contributed by atoms with Crippen molar-refractivity contribution in [3.8, 4) is 5.75 Å². The molecule has 1 aliphatic carbocycles. The Morgan fingerprint density at radius 1 is 1.24 bits per heavy atom. The van der Waals surface area contributed by atoms with Crippen molar-refractivity contribution >= 4 is 11.6 Å². The molecule has 4 N–H and O–H groups in total. The van der Waals surface area contributed by atoms with Crippen LogP contribution in [-0.2, 0) is 0 Å². The monoisotopic (exact) mass is 234 g/mol. The highest BCUT2D eigenvalue weighted by Gasteiger charge is 2.19. The Labute approximate surface area is 101 Å². The van der Waals surface area contributed by atoms with E-state index in [1.165, 1.54) is 19.3 Å². The smallest absolute Gasteiger partial charge is 0.252 e. The molecule has 0 aliphatic heterocycles. The standard InChI is InChI=1S/C13H18N2O2/c14-11-8-4-7-10(13(15)16)12(11)17-9-5-2-1-3-6-9/h4,7-9H,1-3,5-6,14H2,(H2,15,16). The molecule has 1 aromatic rings. The minimum atomic E-state index is -0.497. The van der Waals surface area contributed by atoms with Gasteiger partial charge in [-0.1, -0.05) is 12.5 Å². The van der Waals surface area contributed by atoms with Gasteiger partial charge in [0.25, 0.3) is 5.91 Å². The van der Waals surface area contributed by atoms with Crippen molar-refractivity contribution in [3.05, 3.63) is 23.8 Å². The van der Waals surface area contributed by atoms with Gasteiger partial charge in [-0.3, -0.25) is 4.79 Å². The van der Waals surface area contributed by atoms with E-state index in [1.54, 1.807) is 18.2 Å². The lowest BCUT2D eigenvalue weighted by molar-refractivity contribution is 0.0988. The Hall–Kier alpha value is -1.71. The van der Waals surface area contributed by atoms with Gasteiger partial charge in [-0.05, 0) is 37.8 Å². The fraction of sp³-hybridized carbons (Fsp3) is 0.462. The molecule has 1 fully saturated rings. The Morgan fingerprint density at radius 3 is 2.59 bits per heavy atom. The first-order chi connectivity index (χ1) is 8.18. The summed E-state index contributed by atoms with van der Waals surface area (Å²) >= 11 is 0. The summed E-state index contributed by atoms with van der Waals surface area (Å²) in [5.41, 5.74) is 12.0. The van der Waals surface area contributed by atoms with Crippen molar-refractivity contribution in [1.82, 2.24) is 0 Å². The van der Waals surface area contributed by atoms with Gasteiger partial charge < -0.3 is 16.2 Å². The number of amides is 1. The van der Waals surface area contributed by atoms with Crippen molar-refractivity contribution in [3.63, 3.8) is 0 Å². The van der Waals surface area contributed by atoms with Gasteiger partial charge in [0.1, 0.15) is 0 Å². The third kappa shape index (κ3) is 2.70. The molecule has 2 rings (SSSR count). The van der Waals surface area contributed by atoms with Crippen molar-refractivity contribution in [2.24, 2.45) is 5.73 Å². The van der Waals surface area contributed by atoms with E-state index in [0.29, 0.717) is 17.0 Å². The van der Waals surface area contributed by atoms with Gasteiger partial charge in [-0.2, -0.15) is 0 Å². The summed E-state index contributed by atoms with van der Waals surface area (Å²) < 4.78 is 5.85. The second kappa shape index (κ2) is 5.08. The van der Waals surface area contributed by atoms with E-state index >= 15 is 0 Å². The average molecular weight is 234 g/mol. The Bertz CT molecular complexity index is 412. The van der Waals surface area contributed by atoms with Gasteiger partial charge >= 0.3 is 0 Å². The molecule has 1 amide bonds. The maximum atomic E-state index is 11.3. The molecular formula is C13H18N2O2. The van der Waals surface area contributed by atoms with Gasteiger partial charge in [0.15, 0.2) is 5.75 Å². The summed E-state index contributed by atoms with van der Waals surface area (Å²) in [6.45, 7) is 0. The van der Waals surface area contributed by atoms with Crippen molar-refractivity contribution in [1.29, 1.82) is 0 Å². The number of primary amides is 1. The lowest BCUT2D eigenvalue weighted by Gasteiger charge is -2.24. The molecule has 0 saturated heterocycles.